The van der Waals surface area contributed by atoms with Crippen LogP contribution in [0.15, 0.2) is 0 Å². The van der Waals surface area contributed by atoms with Gasteiger partial charge in [0.15, 0.2) is 0 Å². The Morgan fingerprint density at radius 2 is 2.19 bits per heavy atom. The fourth-order valence-electron chi connectivity index (χ4n) is 2.15. The van der Waals surface area contributed by atoms with Gasteiger partial charge in [-0.1, -0.05) is 0 Å². The predicted octanol–water partition coefficient (Wildman–Crippen LogP) is 0.452. The number of likely N-dealkylation sites (tertiary alicyclic amines) is 1. The molecular formula is C11H20N2O3. The summed E-state index contributed by atoms with van der Waals surface area (Å²) in [5, 5.41) is 11.2. The second-order valence-corrected chi connectivity index (χ2v) is 4.16. The van der Waals surface area contributed by atoms with Gasteiger partial charge in [-0.25, -0.2) is 0 Å². The fraction of sp³-hybridized carbons (Fsp3) is 0.818. The number of unbranched alkanes of at least 4 members (excludes halogenated alkanes) is 1. The number of amides is 1. The maximum absolute atomic E-state index is 11.5. The Kier molecular flexibility index (Phi) is 5.25. The van der Waals surface area contributed by atoms with Gasteiger partial charge in [0.25, 0.3) is 0 Å². The molecule has 0 radical (unpaired) electrons. The molecule has 0 bridgehead atoms. The molecule has 1 saturated heterocycles. The molecule has 2 N–H and O–H groups in total. The van der Waals surface area contributed by atoms with E-state index in [9.17, 15) is 9.59 Å². The Morgan fingerprint density at radius 3 is 2.81 bits per heavy atom. The summed E-state index contributed by atoms with van der Waals surface area (Å²) >= 11 is 0. The first-order valence-corrected chi connectivity index (χ1v) is 5.82. The Bertz CT molecular complexity index is 256. The van der Waals surface area contributed by atoms with E-state index >= 15 is 0 Å². The van der Waals surface area contributed by atoms with Crippen LogP contribution in [0.5, 0.6) is 0 Å². The average Bonchev–Trinajstić information content (AvgIpc) is 2.71. The highest BCUT2D eigenvalue weighted by atomic mass is 16.4. The number of nitrogens with zero attached hydrogens (tertiary/aromatic N) is 1. The standard InChI is InChI=1S/C11H20N2O3/c1-12-11(16)9-5-4-8-13(9)7-3-2-6-10(14)15/h9H,2-8H2,1H3,(H,12,16)(H,14,15). The average molecular weight is 228 g/mol. The molecule has 1 fully saturated rings. The van der Waals surface area contributed by atoms with Crippen molar-refractivity contribution in [3.63, 3.8) is 0 Å². The molecule has 0 aliphatic carbocycles. The lowest BCUT2D eigenvalue weighted by Gasteiger charge is -2.22. The van der Waals surface area contributed by atoms with Crippen LogP contribution in [0.25, 0.3) is 0 Å². The minimum absolute atomic E-state index is 0.00479. The molecule has 92 valence electrons. The van der Waals surface area contributed by atoms with Crippen LogP contribution in [-0.4, -0.2) is 48.1 Å². The molecule has 0 spiro atoms. The number of carbonyl (C=O) groups is 2. The molecule has 1 amide bonds. The second-order valence-electron chi connectivity index (χ2n) is 4.16. The van der Waals surface area contributed by atoms with Crippen LogP contribution in [-0.2, 0) is 9.59 Å². The van der Waals surface area contributed by atoms with Gasteiger partial charge in [-0.2, -0.15) is 0 Å². The van der Waals surface area contributed by atoms with Crippen molar-refractivity contribution < 1.29 is 14.7 Å². The lowest BCUT2D eigenvalue weighted by atomic mass is 10.2. The van der Waals surface area contributed by atoms with Crippen molar-refractivity contribution in [2.45, 2.75) is 38.1 Å². The second kappa shape index (κ2) is 6.48. The van der Waals surface area contributed by atoms with Gasteiger partial charge in [-0.05, 0) is 38.8 Å². The third-order valence-electron chi connectivity index (χ3n) is 3.00. The number of hydrogen-bond donors (Lipinski definition) is 2. The molecule has 1 aliphatic heterocycles. The molecule has 0 aromatic carbocycles. The summed E-state index contributed by atoms with van der Waals surface area (Å²) in [4.78, 5) is 24.0. The van der Waals surface area contributed by atoms with Gasteiger partial charge in [0.1, 0.15) is 0 Å². The van der Waals surface area contributed by atoms with Gasteiger partial charge in [-0.15, -0.1) is 0 Å². The van der Waals surface area contributed by atoms with E-state index < -0.39 is 5.97 Å². The first-order valence-electron chi connectivity index (χ1n) is 5.82. The maximum atomic E-state index is 11.5. The summed E-state index contributed by atoms with van der Waals surface area (Å²) in [7, 11) is 1.66. The Hall–Kier alpha value is -1.10. The SMILES string of the molecule is CNC(=O)C1CCCN1CCCCC(=O)O. The Morgan fingerprint density at radius 1 is 1.44 bits per heavy atom. The van der Waals surface area contributed by atoms with Gasteiger partial charge in [-0.3, -0.25) is 14.5 Å². The molecule has 5 heteroatoms. The van der Waals surface area contributed by atoms with Gasteiger partial charge < -0.3 is 10.4 Å². The van der Waals surface area contributed by atoms with Gasteiger partial charge in [0.2, 0.25) is 5.91 Å². The molecule has 0 saturated carbocycles. The first kappa shape index (κ1) is 13.0. The van der Waals surface area contributed by atoms with E-state index in [0.717, 1.165) is 32.4 Å². The van der Waals surface area contributed by atoms with Crippen LogP contribution in [0, 0.1) is 0 Å². The molecular weight excluding hydrogens is 208 g/mol. The zero-order chi connectivity index (χ0) is 12.0. The highest BCUT2D eigenvalue weighted by Gasteiger charge is 2.29. The molecule has 1 rings (SSSR count). The number of rotatable bonds is 6. The Balaban J connectivity index is 2.25. The third kappa shape index (κ3) is 3.81. The molecule has 1 heterocycles. The number of likely N-dealkylation sites (N-methyl/N-ethyl adjacent to an activating group) is 1. The van der Waals surface area contributed by atoms with Gasteiger partial charge in [0, 0.05) is 13.5 Å². The van der Waals surface area contributed by atoms with Crippen molar-refractivity contribution in [2.24, 2.45) is 0 Å². The summed E-state index contributed by atoms with van der Waals surface area (Å²) in [6.07, 6.45) is 3.72. The number of carbonyl (C=O) groups excluding carboxylic acids is 1. The molecule has 0 aromatic heterocycles. The van der Waals surface area contributed by atoms with E-state index in [1.807, 2.05) is 0 Å². The lowest BCUT2D eigenvalue weighted by Crippen LogP contribution is -2.42. The number of nitrogens with one attached hydrogen (secondary N) is 1. The van der Waals surface area contributed by atoms with Crippen molar-refractivity contribution in [1.29, 1.82) is 0 Å². The van der Waals surface area contributed by atoms with E-state index in [-0.39, 0.29) is 18.4 Å². The summed E-state index contributed by atoms with van der Waals surface area (Å²) in [6.45, 7) is 1.77. The van der Waals surface area contributed by atoms with Crippen LogP contribution < -0.4 is 5.32 Å². The first-order chi connectivity index (χ1) is 7.65. The molecule has 0 aromatic rings. The van der Waals surface area contributed by atoms with E-state index in [2.05, 4.69) is 10.2 Å². The van der Waals surface area contributed by atoms with Crippen LogP contribution in [0.4, 0.5) is 0 Å². The maximum Gasteiger partial charge on any atom is 0.303 e. The molecule has 1 unspecified atom stereocenters. The van der Waals surface area contributed by atoms with E-state index in [0.29, 0.717) is 6.42 Å². The summed E-state index contributed by atoms with van der Waals surface area (Å²) in [5.41, 5.74) is 0. The monoisotopic (exact) mass is 228 g/mol. The molecule has 5 nitrogen and oxygen atoms in total. The Labute approximate surface area is 95.8 Å². The van der Waals surface area contributed by atoms with Crippen LogP contribution >= 0.6 is 0 Å². The number of hydrogen-bond acceptors (Lipinski definition) is 3. The minimum atomic E-state index is -0.746. The van der Waals surface area contributed by atoms with E-state index in [1.54, 1.807) is 7.05 Å². The van der Waals surface area contributed by atoms with Crippen molar-refractivity contribution in [3.8, 4) is 0 Å². The quantitative estimate of drug-likeness (QED) is 0.648. The zero-order valence-electron chi connectivity index (χ0n) is 9.74. The van der Waals surface area contributed by atoms with Crippen molar-refractivity contribution in [2.75, 3.05) is 20.1 Å². The third-order valence-corrected chi connectivity index (χ3v) is 3.00. The minimum Gasteiger partial charge on any atom is -0.481 e. The smallest absolute Gasteiger partial charge is 0.303 e. The van der Waals surface area contributed by atoms with Gasteiger partial charge in [0.05, 0.1) is 6.04 Å². The van der Waals surface area contributed by atoms with E-state index in [1.165, 1.54) is 0 Å². The highest BCUT2D eigenvalue weighted by molar-refractivity contribution is 5.81. The lowest BCUT2D eigenvalue weighted by molar-refractivity contribution is -0.137. The zero-order valence-corrected chi connectivity index (χ0v) is 9.74. The topological polar surface area (TPSA) is 69.6 Å². The van der Waals surface area contributed by atoms with Crippen molar-refractivity contribution in [3.05, 3.63) is 0 Å². The number of carboxylic acid groups (broad SMARTS) is 1. The largest absolute Gasteiger partial charge is 0.481 e. The summed E-state index contributed by atoms with van der Waals surface area (Å²) in [6, 6.07) is -0.00479. The molecule has 16 heavy (non-hydrogen) atoms. The van der Waals surface area contributed by atoms with Crippen LogP contribution in [0.1, 0.15) is 32.1 Å². The predicted molar refractivity (Wildman–Crippen MR) is 60.1 cm³/mol. The summed E-state index contributed by atoms with van der Waals surface area (Å²) < 4.78 is 0. The normalized spacial score (nSPS) is 20.9. The fourth-order valence-corrected chi connectivity index (χ4v) is 2.15. The molecule has 1 aliphatic rings. The van der Waals surface area contributed by atoms with Gasteiger partial charge >= 0.3 is 5.97 Å². The van der Waals surface area contributed by atoms with E-state index in [4.69, 9.17) is 5.11 Å². The number of carboxylic acids is 1. The number of aliphatic carboxylic acids is 1. The highest BCUT2D eigenvalue weighted by Crippen LogP contribution is 2.17. The van der Waals surface area contributed by atoms with Crippen LogP contribution in [0.2, 0.25) is 0 Å². The molecule has 1 atom stereocenters. The van der Waals surface area contributed by atoms with Crippen molar-refractivity contribution >= 4 is 11.9 Å². The van der Waals surface area contributed by atoms with Crippen LogP contribution in [0.3, 0.4) is 0 Å². The van der Waals surface area contributed by atoms with Crippen molar-refractivity contribution in [1.82, 2.24) is 10.2 Å². The summed E-state index contributed by atoms with van der Waals surface area (Å²) in [5.74, 6) is -0.667.